The summed E-state index contributed by atoms with van der Waals surface area (Å²) in [5, 5.41) is 3.11. The van der Waals surface area contributed by atoms with Crippen LogP contribution in [-0.2, 0) is 11.2 Å². The van der Waals surface area contributed by atoms with Crippen molar-refractivity contribution in [1.29, 1.82) is 0 Å². The molecule has 2 bridgehead atoms. The molecule has 1 heterocycles. The van der Waals surface area contributed by atoms with Crippen LogP contribution in [0, 0.1) is 17.8 Å². The standard InChI is InChI=1S/C19H26N4O/c20-18-12-4-3-5-13(18)11-14(10-12)19(24)21-9-8-17-22-15-6-1-2-7-16(15)23-17/h1-2,6-7,12-14,18H,3-5,8-11,20H2,(H,21,24)(H,22,23). The predicted octanol–water partition coefficient (Wildman–Crippen LogP) is 2.38. The fraction of sp³-hybridized carbons (Fsp3) is 0.579. The summed E-state index contributed by atoms with van der Waals surface area (Å²) in [7, 11) is 0. The van der Waals surface area contributed by atoms with Gasteiger partial charge in [0, 0.05) is 24.9 Å². The summed E-state index contributed by atoms with van der Waals surface area (Å²) in [4.78, 5) is 20.4. The first-order valence-electron chi connectivity index (χ1n) is 9.17. The van der Waals surface area contributed by atoms with E-state index in [2.05, 4.69) is 15.3 Å². The molecule has 4 rings (SSSR count). The van der Waals surface area contributed by atoms with E-state index >= 15 is 0 Å². The van der Waals surface area contributed by atoms with Crippen LogP contribution in [0.5, 0.6) is 0 Å². The molecule has 2 aromatic rings. The maximum atomic E-state index is 12.5. The fourth-order valence-corrected chi connectivity index (χ4v) is 4.58. The molecule has 2 aliphatic rings. The minimum Gasteiger partial charge on any atom is -0.355 e. The van der Waals surface area contributed by atoms with E-state index in [1.54, 1.807) is 0 Å². The number of hydrogen-bond donors (Lipinski definition) is 3. The second-order valence-corrected chi connectivity index (χ2v) is 7.44. The van der Waals surface area contributed by atoms with Crippen molar-refractivity contribution in [2.45, 2.75) is 44.6 Å². The van der Waals surface area contributed by atoms with Crippen LogP contribution in [0.4, 0.5) is 0 Å². The normalized spacial score (nSPS) is 29.5. The lowest BCUT2D eigenvalue weighted by Crippen LogP contribution is -2.49. The van der Waals surface area contributed by atoms with Crippen molar-refractivity contribution in [2.75, 3.05) is 6.54 Å². The van der Waals surface area contributed by atoms with Gasteiger partial charge in [-0.1, -0.05) is 18.6 Å². The molecule has 128 valence electrons. The Bertz CT molecular complexity index is 678. The number of nitrogens with one attached hydrogen (secondary N) is 2. The molecule has 2 fully saturated rings. The summed E-state index contributed by atoms with van der Waals surface area (Å²) < 4.78 is 0. The molecule has 0 spiro atoms. The minimum atomic E-state index is 0.149. The molecule has 5 nitrogen and oxygen atoms in total. The maximum Gasteiger partial charge on any atom is 0.223 e. The number of aromatic amines is 1. The van der Waals surface area contributed by atoms with Gasteiger partial charge in [-0.15, -0.1) is 0 Å². The molecule has 0 aliphatic heterocycles. The number of hydrogen-bond acceptors (Lipinski definition) is 3. The third kappa shape index (κ3) is 3.05. The lowest BCUT2D eigenvalue weighted by Gasteiger charge is -2.43. The number of nitrogens with zero attached hydrogens (tertiary/aromatic N) is 1. The van der Waals surface area contributed by atoms with Crippen LogP contribution in [0.1, 0.15) is 37.9 Å². The van der Waals surface area contributed by atoms with Crippen LogP contribution in [0.3, 0.4) is 0 Å². The Morgan fingerprint density at radius 1 is 1.25 bits per heavy atom. The Labute approximate surface area is 142 Å². The summed E-state index contributed by atoms with van der Waals surface area (Å²) in [5.41, 5.74) is 8.34. The van der Waals surface area contributed by atoms with E-state index in [-0.39, 0.29) is 11.8 Å². The number of aromatic nitrogens is 2. The molecule has 5 heteroatoms. The third-order valence-electron chi connectivity index (χ3n) is 5.88. The second-order valence-electron chi connectivity index (χ2n) is 7.44. The summed E-state index contributed by atoms with van der Waals surface area (Å²) in [6.45, 7) is 0.635. The first-order valence-corrected chi connectivity index (χ1v) is 9.17. The fourth-order valence-electron chi connectivity index (χ4n) is 4.58. The lowest BCUT2D eigenvalue weighted by atomic mass is 9.65. The van der Waals surface area contributed by atoms with Crippen molar-refractivity contribution in [3.8, 4) is 0 Å². The van der Waals surface area contributed by atoms with Crippen LogP contribution < -0.4 is 11.1 Å². The van der Waals surface area contributed by atoms with E-state index in [0.717, 1.165) is 36.1 Å². The van der Waals surface area contributed by atoms with Crippen molar-refractivity contribution >= 4 is 16.9 Å². The number of amides is 1. The Morgan fingerprint density at radius 3 is 2.75 bits per heavy atom. The van der Waals surface area contributed by atoms with Gasteiger partial charge in [0.2, 0.25) is 5.91 Å². The third-order valence-corrected chi connectivity index (χ3v) is 5.88. The largest absolute Gasteiger partial charge is 0.355 e. The zero-order valence-electron chi connectivity index (χ0n) is 14.0. The van der Waals surface area contributed by atoms with Crippen molar-refractivity contribution in [3.05, 3.63) is 30.1 Å². The van der Waals surface area contributed by atoms with Gasteiger partial charge in [-0.05, 0) is 49.7 Å². The molecule has 0 radical (unpaired) electrons. The molecule has 4 N–H and O–H groups in total. The number of imidazole rings is 1. The van der Waals surface area contributed by atoms with Gasteiger partial charge in [0.15, 0.2) is 0 Å². The highest BCUT2D eigenvalue weighted by molar-refractivity contribution is 5.79. The number of carbonyl (C=O) groups excluding carboxylic acids is 1. The van der Waals surface area contributed by atoms with E-state index in [1.807, 2.05) is 24.3 Å². The van der Waals surface area contributed by atoms with Crippen molar-refractivity contribution in [2.24, 2.45) is 23.5 Å². The van der Waals surface area contributed by atoms with E-state index in [4.69, 9.17) is 5.73 Å². The number of H-pyrrole nitrogens is 1. The first kappa shape index (κ1) is 15.6. The van der Waals surface area contributed by atoms with Gasteiger partial charge in [0.1, 0.15) is 5.82 Å². The SMILES string of the molecule is NC1C2CCCC1CC(C(=O)NCCc1nc3ccccc3[nH]1)C2. The molecule has 24 heavy (non-hydrogen) atoms. The first-order chi connectivity index (χ1) is 11.7. The van der Waals surface area contributed by atoms with Crippen LogP contribution >= 0.6 is 0 Å². The van der Waals surface area contributed by atoms with Crippen LogP contribution in [0.25, 0.3) is 11.0 Å². The number of benzene rings is 1. The monoisotopic (exact) mass is 326 g/mol. The summed E-state index contributed by atoms with van der Waals surface area (Å²) in [5.74, 6) is 2.37. The molecule has 2 saturated carbocycles. The van der Waals surface area contributed by atoms with Gasteiger partial charge in [0.05, 0.1) is 11.0 Å². The van der Waals surface area contributed by atoms with Gasteiger partial charge >= 0.3 is 0 Å². The minimum absolute atomic E-state index is 0.149. The molecule has 0 saturated heterocycles. The quantitative estimate of drug-likeness (QED) is 0.806. The highest BCUT2D eigenvalue weighted by Crippen LogP contribution is 2.41. The zero-order valence-corrected chi connectivity index (χ0v) is 14.0. The number of rotatable bonds is 4. The average Bonchev–Trinajstić information content (AvgIpc) is 2.97. The van der Waals surface area contributed by atoms with Crippen molar-refractivity contribution in [1.82, 2.24) is 15.3 Å². The van der Waals surface area contributed by atoms with Gasteiger partial charge in [-0.2, -0.15) is 0 Å². The molecule has 2 atom stereocenters. The lowest BCUT2D eigenvalue weighted by molar-refractivity contribution is -0.127. The number of nitrogens with two attached hydrogens (primary N) is 1. The highest BCUT2D eigenvalue weighted by Gasteiger charge is 2.40. The van der Waals surface area contributed by atoms with E-state index in [0.29, 0.717) is 24.4 Å². The Morgan fingerprint density at radius 2 is 2.00 bits per heavy atom. The molecule has 1 aromatic heterocycles. The number of fused-ring (bicyclic) bond motifs is 3. The summed E-state index contributed by atoms with van der Waals surface area (Å²) in [6.07, 6.45) is 6.34. The van der Waals surface area contributed by atoms with E-state index < -0.39 is 0 Å². The van der Waals surface area contributed by atoms with E-state index in [9.17, 15) is 4.79 Å². The smallest absolute Gasteiger partial charge is 0.223 e. The molecular weight excluding hydrogens is 300 g/mol. The molecule has 2 unspecified atom stereocenters. The topological polar surface area (TPSA) is 83.8 Å². The van der Waals surface area contributed by atoms with Gasteiger partial charge < -0.3 is 16.0 Å². The predicted molar refractivity (Wildman–Crippen MR) is 94.3 cm³/mol. The summed E-state index contributed by atoms with van der Waals surface area (Å²) >= 11 is 0. The number of carbonyl (C=O) groups is 1. The Kier molecular flexibility index (Phi) is 4.27. The van der Waals surface area contributed by atoms with E-state index in [1.165, 1.54) is 19.3 Å². The summed E-state index contributed by atoms with van der Waals surface area (Å²) in [6, 6.07) is 8.32. The van der Waals surface area contributed by atoms with Crippen LogP contribution in [0.2, 0.25) is 0 Å². The maximum absolute atomic E-state index is 12.5. The molecular formula is C19H26N4O. The molecule has 1 aromatic carbocycles. The zero-order chi connectivity index (χ0) is 16.5. The van der Waals surface area contributed by atoms with Crippen LogP contribution in [-0.4, -0.2) is 28.5 Å². The van der Waals surface area contributed by atoms with Crippen LogP contribution in [0.15, 0.2) is 24.3 Å². The molecule has 2 aliphatic carbocycles. The van der Waals surface area contributed by atoms with Gasteiger partial charge in [0.25, 0.3) is 0 Å². The average molecular weight is 326 g/mol. The highest BCUT2D eigenvalue weighted by atomic mass is 16.1. The van der Waals surface area contributed by atoms with Crippen molar-refractivity contribution in [3.63, 3.8) is 0 Å². The number of para-hydroxylation sites is 2. The van der Waals surface area contributed by atoms with Crippen molar-refractivity contribution < 1.29 is 4.79 Å². The Balaban J connectivity index is 1.30. The van der Waals surface area contributed by atoms with Gasteiger partial charge in [-0.25, -0.2) is 4.98 Å². The molecule has 1 amide bonds. The second kappa shape index (κ2) is 6.55. The van der Waals surface area contributed by atoms with Gasteiger partial charge in [-0.3, -0.25) is 4.79 Å². The Hall–Kier alpha value is -1.88.